The third-order valence-corrected chi connectivity index (χ3v) is 2.09. The van der Waals surface area contributed by atoms with E-state index < -0.39 is 24.3 Å². The van der Waals surface area contributed by atoms with E-state index in [1.165, 1.54) is 19.2 Å². The van der Waals surface area contributed by atoms with Crippen LogP contribution < -0.4 is 4.90 Å². The second kappa shape index (κ2) is 4.52. The maximum atomic E-state index is 12.2. The molecule has 0 heterocycles. The van der Waals surface area contributed by atoms with Crippen molar-refractivity contribution in [1.29, 1.82) is 0 Å². The van der Waals surface area contributed by atoms with Crippen molar-refractivity contribution in [3.8, 4) is 0 Å². The Bertz CT molecular complexity index is 373. The van der Waals surface area contributed by atoms with Gasteiger partial charge in [0.1, 0.15) is 6.61 Å². The van der Waals surface area contributed by atoms with Gasteiger partial charge in [-0.15, -0.1) is 0 Å². The predicted octanol–water partition coefficient (Wildman–Crippen LogP) is 1.66. The fourth-order valence-electron chi connectivity index (χ4n) is 1.12. The van der Waals surface area contributed by atoms with Crippen LogP contribution in [0.4, 0.5) is 18.9 Å². The first-order chi connectivity index (χ1) is 7.36. The molecule has 1 aromatic carbocycles. The van der Waals surface area contributed by atoms with Crippen molar-refractivity contribution in [2.75, 3.05) is 18.6 Å². The van der Waals surface area contributed by atoms with E-state index in [-0.39, 0.29) is 0 Å². The minimum absolute atomic E-state index is 0.298. The lowest BCUT2D eigenvalue weighted by Crippen LogP contribution is -2.28. The Kier molecular flexibility index (Phi) is 3.54. The monoisotopic (exact) mass is 233 g/mol. The zero-order valence-electron chi connectivity index (χ0n) is 8.45. The zero-order valence-corrected chi connectivity index (χ0v) is 8.45. The molecule has 0 aliphatic rings. The molecule has 3 nitrogen and oxygen atoms in total. The molecule has 0 saturated carbocycles. The van der Waals surface area contributed by atoms with Crippen LogP contribution in [0.5, 0.6) is 0 Å². The molecule has 88 valence electrons. The van der Waals surface area contributed by atoms with Crippen molar-refractivity contribution in [1.82, 2.24) is 0 Å². The summed E-state index contributed by atoms with van der Waals surface area (Å²) in [5, 5.41) is 8.58. The Balaban J connectivity index is 2.91. The summed E-state index contributed by atoms with van der Waals surface area (Å²) in [6.07, 6.45) is -4.39. The number of halogens is 3. The van der Waals surface area contributed by atoms with Crippen LogP contribution in [0.3, 0.4) is 0 Å². The van der Waals surface area contributed by atoms with Gasteiger partial charge in [-0.25, -0.2) is 0 Å². The lowest BCUT2D eigenvalue weighted by atomic mass is 10.2. The first kappa shape index (κ1) is 12.5. The van der Waals surface area contributed by atoms with E-state index >= 15 is 0 Å². The molecule has 1 aromatic rings. The molecule has 0 aromatic heterocycles. The molecule has 16 heavy (non-hydrogen) atoms. The molecule has 0 fully saturated rings. The number of nitrogens with zero attached hydrogens (tertiary/aromatic N) is 1. The van der Waals surface area contributed by atoms with Crippen LogP contribution in [0.15, 0.2) is 24.3 Å². The maximum absolute atomic E-state index is 12.2. The summed E-state index contributed by atoms with van der Waals surface area (Å²) >= 11 is 0. The van der Waals surface area contributed by atoms with Crippen LogP contribution in [0, 0.1) is 0 Å². The number of hydrogen-bond donors (Lipinski definition) is 1. The van der Waals surface area contributed by atoms with Crippen molar-refractivity contribution in [2.45, 2.75) is 6.18 Å². The van der Waals surface area contributed by atoms with Gasteiger partial charge in [0, 0.05) is 12.7 Å². The number of alkyl halides is 3. The number of aliphatic hydroxyl groups is 1. The van der Waals surface area contributed by atoms with Crippen molar-refractivity contribution in [3.63, 3.8) is 0 Å². The highest BCUT2D eigenvalue weighted by molar-refractivity contribution is 5.93. The number of aliphatic hydroxyl groups excluding tert-OH is 1. The van der Waals surface area contributed by atoms with Gasteiger partial charge >= 0.3 is 6.18 Å². The lowest BCUT2D eigenvalue weighted by Gasteiger charge is -2.16. The number of anilines is 1. The number of amides is 1. The average molecular weight is 233 g/mol. The fourth-order valence-corrected chi connectivity index (χ4v) is 1.12. The quantitative estimate of drug-likeness (QED) is 0.843. The molecule has 0 unspecified atom stereocenters. The van der Waals surface area contributed by atoms with Gasteiger partial charge in [0.25, 0.3) is 5.91 Å². The molecular formula is C10H10F3NO2. The summed E-state index contributed by atoms with van der Waals surface area (Å²) in [6, 6.07) is 4.12. The maximum Gasteiger partial charge on any atom is 0.416 e. The highest BCUT2D eigenvalue weighted by atomic mass is 19.4. The summed E-state index contributed by atoms with van der Waals surface area (Å²) in [6.45, 7) is -0.683. The molecule has 1 rings (SSSR count). The molecule has 0 spiro atoms. The van der Waals surface area contributed by atoms with Gasteiger partial charge in [-0.3, -0.25) is 4.79 Å². The van der Waals surface area contributed by atoms with Crippen molar-refractivity contribution >= 4 is 11.6 Å². The molecule has 0 bridgehead atoms. The number of carbonyl (C=O) groups excluding carboxylic acids is 1. The molecule has 0 aliphatic heterocycles. The van der Waals surface area contributed by atoms with E-state index in [1.807, 2.05) is 0 Å². The SMILES string of the molecule is CN(C(=O)CO)c1ccc(C(F)(F)F)cc1. The first-order valence-corrected chi connectivity index (χ1v) is 4.41. The minimum Gasteiger partial charge on any atom is -0.387 e. The summed E-state index contributed by atoms with van der Waals surface area (Å²) < 4.78 is 36.7. The van der Waals surface area contributed by atoms with E-state index in [1.54, 1.807) is 0 Å². The fraction of sp³-hybridized carbons (Fsp3) is 0.300. The van der Waals surface area contributed by atoms with Gasteiger partial charge in [-0.05, 0) is 24.3 Å². The molecular weight excluding hydrogens is 223 g/mol. The molecule has 1 amide bonds. The zero-order chi connectivity index (χ0) is 12.3. The van der Waals surface area contributed by atoms with Crippen molar-refractivity contribution < 1.29 is 23.1 Å². The van der Waals surface area contributed by atoms with E-state index in [2.05, 4.69) is 0 Å². The molecule has 0 radical (unpaired) electrons. The van der Waals surface area contributed by atoms with Crippen molar-refractivity contribution in [3.05, 3.63) is 29.8 Å². The molecule has 0 atom stereocenters. The van der Waals surface area contributed by atoms with E-state index in [0.717, 1.165) is 17.0 Å². The Morgan fingerprint density at radius 1 is 1.31 bits per heavy atom. The average Bonchev–Trinajstić information content (AvgIpc) is 2.26. The summed E-state index contributed by atoms with van der Waals surface area (Å²) in [7, 11) is 1.38. The molecule has 0 aliphatic carbocycles. The van der Waals surface area contributed by atoms with Crippen LogP contribution in [0.25, 0.3) is 0 Å². The lowest BCUT2D eigenvalue weighted by molar-refractivity contribution is -0.137. The van der Waals surface area contributed by atoms with E-state index in [0.29, 0.717) is 5.69 Å². The standard InChI is InChI=1S/C10H10F3NO2/c1-14(9(16)6-15)8-4-2-7(3-5-8)10(11,12)13/h2-5,15H,6H2,1H3. The van der Waals surface area contributed by atoms with Gasteiger partial charge in [-0.2, -0.15) is 13.2 Å². The van der Waals surface area contributed by atoms with Gasteiger partial charge in [0.2, 0.25) is 0 Å². The Morgan fingerprint density at radius 2 is 1.81 bits per heavy atom. The minimum atomic E-state index is -4.39. The van der Waals surface area contributed by atoms with Crippen LogP contribution in [-0.4, -0.2) is 24.7 Å². The van der Waals surface area contributed by atoms with Crippen LogP contribution in [0.1, 0.15) is 5.56 Å². The molecule has 6 heteroatoms. The number of benzene rings is 1. The molecule has 1 N–H and O–H groups in total. The normalized spacial score (nSPS) is 11.3. The summed E-state index contributed by atoms with van der Waals surface area (Å²) in [5.41, 5.74) is -0.479. The largest absolute Gasteiger partial charge is 0.416 e. The number of rotatable bonds is 2. The summed E-state index contributed by atoms with van der Waals surface area (Å²) in [5.74, 6) is -0.584. The topological polar surface area (TPSA) is 40.5 Å². The Morgan fingerprint density at radius 3 is 2.19 bits per heavy atom. The number of carbonyl (C=O) groups is 1. The van der Waals surface area contributed by atoms with Crippen LogP contribution >= 0.6 is 0 Å². The first-order valence-electron chi connectivity index (χ1n) is 4.41. The molecule has 0 saturated heterocycles. The number of hydrogen-bond acceptors (Lipinski definition) is 2. The van der Waals surface area contributed by atoms with Crippen molar-refractivity contribution in [2.24, 2.45) is 0 Å². The second-order valence-corrected chi connectivity index (χ2v) is 3.16. The highest BCUT2D eigenvalue weighted by Crippen LogP contribution is 2.30. The van der Waals surface area contributed by atoms with Gasteiger partial charge in [0.15, 0.2) is 0 Å². The second-order valence-electron chi connectivity index (χ2n) is 3.16. The van der Waals surface area contributed by atoms with Crippen LogP contribution in [-0.2, 0) is 11.0 Å². The Hall–Kier alpha value is -1.56. The third-order valence-electron chi connectivity index (χ3n) is 2.09. The van der Waals surface area contributed by atoms with E-state index in [4.69, 9.17) is 5.11 Å². The summed E-state index contributed by atoms with van der Waals surface area (Å²) in [4.78, 5) is 12.1. The Labute approximate surface area is 90.1 Å². The third kappa shape index (κ3) is 2.73. The van der Waals surface area contributed by atoms with Gasteiger partial charge in [0.05, 0.1) is 5.56 Å². The van der Waals surface area contributed by atoms with Crippen LogP contribution in [0.2, 0.25) is 0 Å². The highest BCUT2D eigenvalue weighted by Gasteiger charge is 2.30. The van der Waals surface area contributed by atoms with Gasteiger partial charge in [-0.1, -0.05) is 0 Å². The van der Waals surface area contributed by atoms with E-state index in [9.17, 15) is 18.0 Å². The number of likely N-dealkylation sites (N-methyl/N-ethyl adjacent to an activating group) is 1. The smallest absolute Gasteiger partial charge is 0.387 e. The van der Waals surface area contributed by atoms with Gasteiger partial charge < -0.3 is 10.0 Å². The predicted molar refractivity (Wildman–Crippen MR) is 51.9 cm³/mol.